The summed E-state index contributed by atoms with van der Waals surface area (Å²) in [5.41, 5.74) is 0. The van der Waals surface area contributed by atoms with E-state index in [9.17, 15) is 8.42 Å². The molecule has 0 saturated carbocycles. The van der Waals surface area contributed by atoms with Crippen LogP contribution in [0.25, 0.3) is 0 Å². The van der Waals surface area contributed by atoms with Gasteiger partial charge in [0.1, 0.15) is 0 Å². The summed E-state index contributed by atoms with van der Waals surface area (Å²) in [6, 6.07) is 0. The zero-order valence-corrected chi connectivity index (χ0v) is 10.5. The quantitative estimate of drug-likeness (QED) is 0.255. The Morgan fingerprint density at radius 2 is 1.89 bits per heavy atom. The Balaban J connectivity index is -0.0000000300. The molecule has 0 bridgehead atoms. The van der Waals surface area contributed by atoms with Crippen molar-refractivity contribution in [1.29, 1.82) is 0 Å². The maximum absolute atomic E-state index is 9.72. The van der Waals surface area contributed by atoms with Gasteiger partial charge in [0.15, 0.2) is 0 Å². The Morgan fingerprint density at radius 3 is 1.89 bits per heavy atom. The summed E-state index contributed by atoms with van der Waals surface area (Å²) >= 11 is 0. The fourth-order valence-corrected chi connectivity index (χ4v) is 0.447. The zero-order chi connectivity index (χ0) is 5.91. The first-order valence-electron chi connectivity index (χ1n) is 1.62. The van der Waals surface area contributed by atoms with Gasteiger partial charge in [0.25, 0.3) is 10.1 Å². The molecular formula is C3H8Na2O3S. The summed E-state index contributed by atoms with van der Waals surface area (Å²) < 4.78 is 27.3. The van der Waals surface area contributed by atoms with Crippen molar-refractivity contribution >= 4 is 10.1 Å². The molecule has 0 saturated heterocycles. The molecule has 0 heterocycles. The Hall–Kier alpha value is 1.65. The predicted molar refractivity (Wildman–Crippen MR) is 28.8 cm³/mol. The molecule has 0 rings (SSSR count). The molecule has 9 heavy (non-hydrogen) atoms. The van der Waals surface area contributed by atoms with Gasteiger partial charge in [-0.05, 0) is 0 Å². The van der Waals surface area contributed by atoms with Gasteiger partial charge >= 0.3 is 59.1 Å². The van der Waals surface area contributed by atoms with Crippen molar-refractivity contribution in [2.75, 3.05) is 5.75 Å². The van der Waals surface area contributed by atoms with Crippen LogP contribution in [-0.4, -0.2) is 18.7 Å². The normalized spacial score (nSPS) is 8.56. The summed E-state index contributed by atoms with van der Waals surface area (Å²) in [5, 5.41) is 0. The molecule has 0 aromatic heterocycles. The molecule has 0 atom stereocenters. The SMILES string of the molecule is C=CCS(=O)(=O)O.[H-].[H-].[Na+].[Na+]. The number of hydrogen-bond donors (Lipinski definition) is 1. The first kappa shape index (κ1) is 16.9. The van der Waals surface area contributed by atoms with Crippen LogP contribution in [0.4, 0.5) is 0 Å². The Labute approximate surface area is 102 Å². The topological polar surface area (TPSA) is 54.4 Å². The van der Waals surface area contributed by atoms with E-state index in [1.807, 2.05) is 0 Å². The van der Waals surface area contributed by atoms with E-state index >= 15 is 0 Å². The molecule has 0 radical (unpaired) electrons. The monoisotopic (exact) mass is 170 g/mol. The fourth-order valence-electron chi connectivity index (χ4n) is 0.149. The fraction of sp³-hybridized carbons (Fsp3) is 0.333. The van der Waals surface area contributed by atoms with Gasteiger partial charge in [-0.2, -0.15) is 8.42 Å². The molecule has 46 valence electrons. The van der Waals surface area contributed by atoms with E-state index in [0.717, 1.165) is 6.08 Å². The molecule has 1 N–H and O–H groups in total. The summed E-state index contributed by atoms with van der Waals surface area (Å²) in [4.78, 5) is 0. The maximum Gasteiger partial charge on any atom is 1.00 e. The van der Waals surface area contributed by atoms with Gasteiger partial charge in [-0.3, -0.25) is 4.55 Å². The summed E-state index contributed by atoms with van der Waals surface area (Å²) in [6.45, 7) is 3.11. The van der Waals surface area contributed by atoms with Gasteiger partial charge in [-0.1, -0.05) is 6.08 Å². The summed E-state index contributed by atoms with van der Waals surface area (Å²) in [5.74, 6) is -0.368. The van der Waals surface area contributed by atoms with Gasteiger partial charge in [-0.25, -0.2) is 0 Å². The van der Waals surface area contributed by atoms with Gasteiger partial charge in [0, 0.05) is 0 Å². The van der Waals surface area contributed by atoms with Gasteiger partial charge in [0.2, 0.25) is 0 Å². The second kappa shape index (κ2) is 7.75. The van der Waals surface area contributed by atoms with Crippen LogP contribution >= 0.6 is 0 Å². The van der Waals surface area contributed by atoms with Crippen molar-refractivity contribution < 1.29 is 74.9 Å². The van der Waals surface area contributed by atoms with Crippen LogP contribution in [0.15, 0.2) is 12.7 Å². The minimum atomic E-state index is -3.79. The van der Waals surface area contributed by atoms with E-state index in [-0.39, 0.29) is 67.7 Å². The van der Waals surface area contributed by atoms with Crippen molar-refractivity contribution in [2.24, 2.45) is 0 Å². The summed E-state index contributed by atoms with van der Waals surface area (Å²) in [6.07, 6.45) is 1.12. The van der Waals surface area contributed by atoms with Gasteiger partial charge < -0.3 is 2.85 Å². The zero-order valence-electron chi connectivity index (χ0n) is 7.66. The minimum absolute atomic E-state index is 0. The van der Waals surface area contributed by atoms with Crippen LogP contribution in [0.1, 0.15) is 2.85 Å². The second-order valence-corrected chi connectivity index (χ2v) is 2.53. The first-order chi connectivity index (χ1) is 3.06. The van der Waals surface area contributed by atoms with Crippen LogP contribution < -0.4 is 59.1 Å². The number of hydrogen-bond acceptors (Lipinski definition) is 2. The molecule has 0 amide bonds. The minimum Gasteiger partial charge on any atom is -1.00 e. The molecule has 0 aromatic rings. The van der Waals surface area contributed by atoms with Crippen molar-refractivity contribution in [1.82, 2.24) is 0 Å². The van der Waals surface area contributed by atoms with Crippen molar-refractivity contribution in [3.63, 3.8) is 0 Å². The molecular weight excluding hydrogens is 162 g/mol. The van der Waals surface area contributed by atoms with Crippen molar-refractivity contribution in [3.05, 3.63) is 12.7 Å². The van der Waals surface area contributed by atoms with Crippen LogP contribution in [0.2, 0.25) is 0 Å². The Kier molecular flexibility index (Phi) is 14.6. The molecule has 3 nitrogen and oxygen atoms in total. The van der Waals surface area contributed by atoms with Crippen LogP contribution in [0.5, 0.6) is 0 Å². The van der Waals surface area contributed by atoms with E-state index in [0.29, 0.717) is 0 Å². The van der Waals surface area contributed by atoms with E-state index in [1.165, 1.54) is 0 Å². The van der Waals surface area contributed by atoms with E-state index < -0.39 is 10.1 Å². The van der Waals surface area contributed by atoms with E-state index in [2.05, 4.69) is 6.58 Å². The van der Waals surface area contributed by atoms with Gasteiger partial charge in [0.05, 0.1) is 5.75 Å². The molecule has 0 fully saturated rings. The van der Waals surface area contributed by atoms with E-state index in [4.69, 9.17) is 4.55 Å². The molecule has 0 aliphatic carbocycles. The third-order valence-corrected chi connectivity index (χ3v) is 0.985. The molecule has 0 aliphatic heterocycles. The van der Waals surface area contributed by atoms with Crippen LogP contribution in [0.3, 0.4) is 0 Å². The van der Waals surface area contributed by atoms with Gasteiger partial charge in [-0.15, -0.1) is 6.58 Å². The van der Waals surface area contributed by atoms with Crippen molar-refractivity contribution in [2.45, 2.75) is 0 Å². The largest absolute Gasteiger partial charge is 1.00 e. The Bertz CT molecular complexity index is 158. The van der Waals surface area contributed by atoms with Crippen LogP contribution in [0, 0.1) is 0 Å². The second-order valence-electron chi connectivity index (χ2n) is 1.04. The maximum atomic E-state index is 9.72. The average molecular weight is 170 g/mol. The Morgan fingerprint density at radius 1 is 1.56 bits per heavy atom. The third kappa shape index (κ3) is 17.7. The average Bonchev–Trinajstić information content (AvgIpc) is 1.30. The molecule has 0 aromatic carbocycles. The summed E-state index contributed by atoms with van der Waals surface area (Å²) in [7, 11) is -3.79. The molecule has 6 heteroatoms. The smallest absolute Gasteiger partial charge is 1.00 e. The molecule has 0 aliphatic rings. The predicted octanol–water partition coefficient (Wildman–Crippen LogP) is -5.71. The number of rotatable bonds is 2. The third-order valence-electron chi connectivity index (χ3n) is 0.328. The standard InChI is InChI=1S/C3H6O3S.2Na.2H/c1-2-3-7(4,5)6;;;;/h2H,1,3H2,(H,4,5,6);;;;/q;2*+1;2*-1. The van der Waals surface area contributed by atoms with Crippen molar-refractivity contribution in [3.8, 4) is 0 Å². The molecule has 0 spiro atoms. The van der Waals surface area contributed by atoms with Crippen LogP contribution in [-0.2, 0) is 10.1 Å². The molecule has 0 unspecified atom stereocenters. The van der Waals surface area contributed by atoms with E-state index in [1.54, 1.807) is 0 Å². The first-order valence-corrected chi connectivity index (χ1v) is 3.23.